The Bertz CT molecular complexity index is 465. The molecule has 0 aliphatic heterocycles. The number of aliphatic carboxylic acids is 1. The Hall–Kier alpha value is -1.75. The number of nitrogens with one attached hydrogen (secondary N) is 1. The van der Waals surface area contributed by atoms with Crippen molar-refractivity contribution in [1.82, 2.24) is 10.2 Å². The van der Waals surface area contributed by atoms with Gasteiger partial charge in [-0.1, -0.05) is 36.7 Å². The molecule has 2 N–H and O–H groups in total. The zero-order valence-corrected chi connectivity index (χ0v) is 11.6. The van der Waals surface area contributed by atoms with E-state index in [2.05, 4.69) is 5.32 Å². The van der Waals surface area contributed by atoms with Crippen molar-refractivity contribution in [3.63, 3.8) is 0 Å². The molecule has 0 aliphatic carbocycles. The van der Waals surface area contributed by atoms with Crippen molar-refractivity contribution < 1.29 is 14.7 Å². The SMILES string of the molecule is CC(CNC(=O)N(C)Cc1ccccc1Cl)C(=O)O. The Morgan fingerprint density at radius 2 is 2.05 bits per heavy atom. The largest absolute Gasteiger partial charge is 0.481 e. The third-order valence-corrected chi connectivity index (χ3v) is 3.06. The smallest absolute Gasteiger partial charge is 0.317 e. The zero-order valence-electron chi connectivity index (χ0n) is 10.9. The van der Waals surface area contributed by atoms with Gasteiger partial charge in [-0.25, -0.2) is 4.79 Å². The van der Waals surface area contributed by atoms with Gasteiger partial charge in [0.2, 0.25) is 0 Å². The molecule has 6 heteroatoms. The molecule has 1 unspecified atom stereocenters. The lowest BCUT2D eigenvalue weighted by atomic mass is 10.2. The van der Waals surface area contributed by atoms with Crippen LogP contribution in [0.15, 0.2) is 24.3 Å². The average Bonchev–Trinajstić information content (AvgIpc) is 2.37. The number of hydrogen-bond acceptors (Lipinski definition) is 2. The summed E-state index contributed by atoms with van der Waals surface area (Å²) in [4.78, 5) is 23.9. The van der Waals surface area contributed by atoms with Gasteiger partial charge in [-0.15, -0.1) is 0 Å². The van der Waals surface area contributed by atoms with Crippen LogP contribution in [0.2, 0.25) is 5.02 Å². The molecule has 2 amide bonds. The fourth-order valence-corrected chi connectivity index (χ4v) is 1.61. The van der Waals surface area contributed by atoms with Crippen LogP contribution in [-0.2, 0) is 11.3 Å². The van der Waals surface area contributed by atoms with E-state index in [0.29, 0.717) is 11.6 Å². The van der Waals surface area contributed by atoms with Gasteiger partial charge in [0.1, 0.15) is 0 Å². The van der Waals surface area contributed by atoms with Crippen LogP contribution in [0.4, 0.5) is 4.79 Å². The van der Waals surface area contributed by atoms with Crippen LogP contribution in [0, 0.1) is 5.92 Å². The number of benzene rings is 1. The number of halogens is 1. The summed E-state index contributed by atoms with van der Waals surface area (Å²) in [6.45, 7) is 2.00. The number of nitrogens with zero attached hydrogens (tertiary/aromatic N) is 1. The van der Waals surface area contributed by atoms with Gasteiger partial charge in [0, 0.05) is 25.2 Å². The summed E-state index contributed by atoms with van der Waals surface area (Å²) in [6.07, 6.45) is 0. The minimum Gasteiger partial charge on any atom is -0.481 e. The van der Waals surface area contributed by atoms with Gasteiger partial charge >= 0.3 is 12.0 Å². The molecule has 0 radical (unpaired) electrons. The molecule has 1 rings (SSSR count). The number of amides is 2. The van der Waals surface area contributed by atoms with Gasteiger partial charge in [0.15, 0.2) is 0 Å². The first-order chi connectivity index (χ1) is 8.91. The molecule has 0 aliphatic rings. The molecule has 5 nitrogen and oxygen atoms in total. The quantitative estimate of drug-likeness (QED) is 0.871. The fourth-order valence-electron chi connectivity index (χ4n) is 1.42. The molecule has 1 atom stereocenters. The highest BCUT2D eigenvalue weighted by atomic mass is 35.5. The molecule has 0 heterocycles. The number of rotatable bonds is 5. The molecule has 0 spiro atoms. The summed E-state index contributed by atoms with van der Waals surface area (Å²) < 4.78 is 0. The van der Waals surface area contributed by atoms with E-state index in [1.54, 1.807) is 13.1 Å². The topological polar surface area (TPSA) is 69.6 Å². The Kier molecular flexibility index (Phi) is 5.63. The van der Waals surface area contributed by atoms with Crippen LogP contribution in [0.3, 0.4) is 0 Å². The van der Waals surface area contributed by atoms with Crippen molar-refractivity contribution in [2.24, 2.45) is 5.92 Å². The first-order valence-corrected chi connectivity index (χ1v) is 6.24. The summed E-state index contributed by atoms with van der Waals surface area (Å²) in [7, 11) is 1.63. The summed E-state index contributed by atoms with van der Waals surface area (Å²) in [5, 5.41) is 11.9. The molecule has 104 valence electrons. The van der Waals surface area contributed by atoms with Crippen LogP contribution in [0.1, 0.15) is 12.5 Å². The van der Waals surface area contributed by atoms with E-state index in [9.17, 15) is 9.59 Å². The van der Waals surface area contributed by atoms with Gasteiger partial charge in [-0.2, -0.15) is 0 Å². The molecule has 1 aromatic carbocycles. The minimum atomic E-state index is -0.936. The molecule has 0 saturated carbocycles. The third-order valence-electron chi connectivity index (χ3n) is 2.69. The minimum absolute atomic E-state index is 0.0982. The van der Waals surface area contributed by atoms with E-state index in [-0.39, 0.29) is 12.6 Å². The summed E-state index contributed by atoms with van der Waals surface area (Å²) in [5.41, 5.74) is 0.841. The van der Waals surface area contributed by atoms with Crippen molar-refractivity contribution in [1.29, 1.82) is 0 Å². The van der Waals surface area contributed by atoms with E-state index in [1.807, 2.05) is 18.2 Å². The Morgan fingerprint density at radius 1 is 1.42 bits per heavy atom. The average molecular weight is 285 g/mol. The number of urea groups is 1. The molecule has 0 fully saturated rings. The molecular formula is C13H17ClN2O3. The fraction of sp³-hybridized carbons (Fsp3) is 0.385. The zero-order chi connectivity index (χ0) is 14.4. The predicted octanol–water partition coefficient (Wildman–Crippen LogP) is 2.20. The number of carbonyl (C=O) groups excluding carboxylic acids is 1. The number of hydrogen-bond donors (Lipinski definition) is 2. The van der Waals surface area contributed by atoms with Gasteiger partial charge in [-0.05, 0) is 11.6 Å². The molecule has 0 saturated heterocycles. The lowest BCUT2D eigenvalue weighted by molar-refractivity contribution is -0.140. The van der Waals surface area contributed by atoms with E-state index in [1.165, 1.54) is 11.8 Å². The Morgan fingerprint density at radius 3 is 2.63 bits per heavy atom. The maximum atomic E-state index is 11.8. The number of carbonyl (C=O) groups is 2. The van der Waals surface area contributed by atoms with Gasteiger partial charge in [0.05, 0.1) is 5.92 Å². The summed E-state index contributed by atoms with van der Waals surface area (Å²) in [6, 6.07) is 6.94. The van der Waals surface area contributed by atoms with Gasteiger partial charge < -0.3 is 15.3 Å². The number of carboxylic acid groups (broad SMARTS) is 1. The molecule has 0 aromatic heterocycles. The van der Waals surface area contributed by atoms with Crippen LogP contribution >= 0.6 is 11.6 Å². The second kappa shape index (κ2) is 6.99. The maximum absolute atomic E-state index is 11.8. The second-order valence-electron chi connectivity index (χ2n) is 4.37. The monoisotopic (exact) mass is 284 g/mol. The van der Waals surface area contributed by atoms with E-state index >= 15 is 0 Å². The van der Waals surface area contributed by atoms with Crippen LogP contribution in [0.5, 0.6) is 0 Å². The van der Waals surface area contributed by atoms with Crippen molar-refractivity contribution >= 4 is 23.6 Å². The summed E-state index contributed by atoms with van der Waals surface area (Å²) in [5.74, 6) is -1.55. The van der Waals surface area contributed by atoms with Crippen molar-refractivity contribution in [2.75, 3.05) is 13.6 Å². The van der Waals surface area contributed by atoms with E-state index in [4.69, 9.17) is 16.7 Å². The molecule has 0 bridgehead atoms. The first-order valence-electron chi connectivity index (χ1n) is 5.87. The standard InChI is InChI=1S/C13H17ClN2O3/c1-9(12(17)18)7-15-13(19)16(2)8-10-5-3-4-6-11(10)14/h3-6,9H,7-8H2,1-2H3,(H,15,19)(H,17,18). The van der Waals surface area contributed by atoms with Gasteiger partial charge in [0.25, 0.3) is 0 Å². The second-order valence-corrected chi connectivity index (χ2v) is 4.78. The Balaban J connectivity index is 2.50. The molecule has 19 heavy (non-hydrogen) atoms. The van der Waals surface area contributed by atoms with Crippen molar-refractivity contribution in [3.05, 3.63) is 34.9 Å². The first kappa shape index (κ1) is 15.3. The van der Waals surface area contributed by atoms with E-state index < -0.39 is 11.9 Å². The highest BCUT2D eigenvalue weighted by Gasteiger charge is 2.15. The Labute approximate surface area is 117 Å². The van der Waals surface area contributed by atoms with Crippen LogP contribution in [0.25, 0.3) is 0 Å². The maximum Gasteiger partial charge on any atom is 0.317 e. The van der Waals surface area contributed by atoms with Crippen LogP contribution < -0.4 is 5.32 Å². The third kappa shape index (κ3) is 4.79. The number of carboxylic acids is 1. The highest BCUT2D eigenvalue weighted by Crippen LogP contribution is 2.16. The molecular weight excluding hydrogens is 268 g/mol. The van der Waals surface area contributed by atoms with Crippen LogP contribution in [-0.4, -0.2) is 35.6 Å². The highest BCUT2D eigenvalue weighted by molar-refractivity contribution is 6.31. The van der Waals surface area contributed by atoms with Crippen molar-refractivity contribution in [2.45, 2.75) is 13.5 Å². The van der Waals surface area contributed by atoms with Gasteiger partial charge in [-0.3, -0.25) is 4.79 Å². The van der Waals surface area contributed by atoms with Crippen molar-refractivity contribution in [3.8, 4) is 0 Å². The van der Waals surface area contributed by atoms with E-state index in [0.717, 1.165) is 5.56 Å². The lowest BCUT2D eigenvalue weighted by Gasteiger charge is -2.19. The normalized spacial score (nSPS) is 11.7. The lowest BCUT2D eigenvalue weighted by Crippen LogP contribution is -2.40. The summed E-state index contributed by atoms with van der Waals surface area (Å²) >= 11 is 6.01. The molecule has 1 aromatic rings. The predicted molar refractivity (Wildman–Crippen MR) is 73.1 cm³/mol.